The summed E-state index contributed by atoms with van der Waals surface area (Å²) in [6.07, 6.45) is 1.58. The average Bonchev–Trinajstić information content (AvgIpc) is 2.64. The van der Waals surface area contributed by atoms with Crippen molar-refractivity contribution in [2.45, 2.75) is 6.92 Å². The molecule has 1 aromatic heterocycles. The number of hydrogen-bond donors (Lipinski definition) is 0. The first-order chi connectivity index (χ1) is 6.68. The summed E-state index contributed by atoms with van der Waals surface area (Å²) in [5.41, 5.74) is 1.77. The smallest absolute Gasteiger partial charge is 0.138 e. The average molecular weight is 255 g/mol. The molecule has 0 aliphatic heterocycles. The summed E-state index contributed by atoms with van der Waals surface area (Å²) in [7, 11) is 0. The minimum Gasteiger partial charge on any atom is -0.464 e. The molecular formula is C11H8BrFO. The van der Waals surface area contributed by atoms with Crippen LogP contribution < -0.4 is 0 Å². The number of hydrogen-bond acceptors (Lipinski definition) is 1. The fourth-order valence-corrected chi connectivity index (χ4v) is 1.80. The topological polar surface area (TPSA) is 13.1 Å². The minimum absolute atomic E-state index is 0.276. The summed E-state index contributed by atoms with van der Waals surface area (Å²) < 4.78 is 19.0. The van der Waals surface area contributed by atoms with Crippen LogP contribution >= 0.6 is 15.9 Å². The Kier molecular flexibility index (Phi) is 2.42. The highest BCUT2D eigenvalue weighted by atomic mass is 79.9. The number of furan rings is 1. The Morgan fingerprint density at radius 1 is 1.36 bits per heavy atom. The molecule has 0 N–H and O–H groups in total. The third-order valence-electron chi connectivity index (χ3n) is 2.05. The molecule has 0 fully saturated rings. The van der Waals surface area contributed by atoms with Crippen LogP contribution in [0.5, 0.6) is 0 Å². The van der Waals surface area contributed by atoms with Crippen molar-refractivity contribution in [1.82, 2.24) is 0 Å². The Morgan fingerprint density at radius 3 is 2.79 bits per heavy atom. The summed E-state index contributed by atoms with van der Waals surface area (Å²) in [5, 5.41) is 0. The van der Waals surface area contributed by atoms with Crippen molar-refractivity contribution in [2.24, 2.45) is 0 Å². The van der Waals surface area contributed by atoms with Gasteiger partial charge in [-0.1, -0.05) is 0 Å². The summed E-state index contributed by atoms with van der Waals surface area (Å²) in [6.45, 7) is 1.92. The number of halogens is 2. The van der Waals surface area contributed by atoms with E-state index in [1.807, 2.05) is 13.0 Å². The number of benzene rings is 1. The molecule has 2 aromatic rings. The molecule has 1 heterocycles. The molecule has 1 aromatic carbocycles. The van der Waals surface area contributed by atoms with E-state index >= 15 is 0 Å². The van der Waals surface area contributed by atoms with E-state index in [0.717, 1.165) is 11.1 Å². The maximum absolute atomic E-state index is 13.3. The predicted molar refractivity (Wildman–Crippen MR) is 56.5 cm³/mol. The summed E-state index contributed by atoms with van der Waals surface area (Å²) >= 11 is 3.14. The standard InChI is InChI=1S/C11H8BrFO/c1-7-5-9(12)10(13)6-8(7)11-3-2-4-14-11/h2-6H,1H3. The van der Waals surface area contributed by atoms with Crippen molar-refractivity contribution in [2.75, 3.05) is 0 Å². The van der Waals surface area contributed by atoms with Crippen molar-refractivity contribution in [1.29, 1.82) is 0 Å². The lowest BCUT2D eigenvalue weighted by atomic mass is 10.1. The zero-order valence-corrected chi connectivity index (χ0v) is 9.14. The molecule has 0 saturated heterocycles. The van der Waals surface area contributed by atoms with Crippen molar-refractivity contribution >= 4 is 15.9 Å². The molecule has 2 rings (SSSR count). The third-order valence-corrected chi connectivity index (χ3v) is 2.66. The SMILES string of the molecule is Cc1cc(Br)c(F)cc1-c1ccco1. The number of aryl methyl sites for hydroxylation is 1. The highest BCUT2D eigenvalue weighted by molar-refractivity contribution is 9.10. The first-order valence-corrected chi connectivity index (χ1v) is 4.97. The molecule has 0 atom stereocenters. The van der Waals surface area contributed by atoms with Crippen molar-refractivity contribution in [3.8, 4) is 11.3 Å². The number of rotatable bonds is 1. The molecule has 0 aliphatic carbocycles. The predicted octanol–water partition coefficient (Wildman–Crippen LogP) is 4.16. The van der Waals surface area contributed by atoms with E-state index in [4.69, 9.17) is 4.42 Å². The molecule has 0 aliphatic rings. The zero-order valence-electron chi connectivity index (χ0n) is 7.55. The highest BCUT2D eigenvalue weighted by Crippen LogP contribution is 2.28. The van der Waals surface area contributed by atoms with Gasteiger partial charge in [0.25, 0.3) is 0 Å². The van der Waals surface area contributed by atoms with E-state index < -0.39 is 0 Å². The van der Waals surface area contributed by atoms with Crippen LogP contribution in [0.15, 0.2) is 39.4 Å². The summed E-state index contributed by atoms with van der Waals surface area (Å²) in [5.74, 6) is 0.413. The van der Waals surface area contributed by atoms with Gasteiger partial charge in [0.15, 0.2) is 0 Å². The van der Waals surface area contributed by atoms with Crippen LogP contribution in [0.1, 0.15) is 5.56 Å². The van der Waals surface area contributed by atoms with Crippen LogP contribution in [0.2, 0.25) is 0 Å². The Balaban J connectivity index is 2.60. The van der Waals surface area contributed by atoms with E-state index in [9.17, 15) is 4.39 Å². The minimum atomic E-state index is -0.276. The van der Waals surface area contributed by atoms with Crippen LogP contribution in [0.25, 0.3) is 11.3 Å². The molecular weight excluding hydrogens is 247 g/mol. The second-order valence-electron chi connectivity index (χ2n) is 3.06. The molecule has 0 spiro atoms. The quantitative estimate of drug-likeness (QED) is 0.745. The second-order valence-corrected chi connectivity index (χ2v) is 3.91. The van der Waals surface area contributed by atoms with Crippen LogP contribution in [0.4, 0.5) is 4.39 Å². The third kappa shape index (κ3) is 1.60. The van der Waals surface area contributed by atoms with E-state index in [-0.39, 0.29) is 5.82 Å². The molecule has 1 nitrogen and oxygen atoms in total. The Bertz CT molecular complexity index is 449. The normalized spacial score (nSPS) is 10.5. The van der Waals surface area contributed by atoms with Crippen LogP contribution in [0.3, 0.4) is 0 Å². The molecule has 14 heavy (non-hydrogen) atoms. The van der Waals surface area contributed by atoms with Gasteiger partial charge in [-0.2, -0.15) is 0 Å². The van der Waals surface area contributed by atoms with Gasteiger partial charge < -0.3 is 4.42 Å². The van der Waals surface area contributed by atoms with Gasteiger partial charge in [-0.25, -0.2) is 4.39 Å². The van der Waals surface area contributed by atoms with Crippen molar-refractivity contribution < 1.29 is 8.81 Å². The van der Waals surface area contributed by atoms with Crippen LogP contribution in [0, 0.1) is 12.7 Å². The zero-order chi connectivity index (χ0) is 10.1. The lowest BCUT2D eigenvalue weighted by molar-refractivity contribution is 0.579. The molecule has 0 bridgehead atoms. The molecule has 0 unspecified atom stereocenters. The Hall–Kier alpha value is -1.09. The van der Waals surface area contributed by atoms with E-state index in [1.165, 1.54) is 6.07 Å². The van der Waals surface area contributed by atoms with E-state index in [0.29, 0.717) is 10.2 Å². The van der Waals surface area contributed by atoms with Gasteiger partial charge >= 0.3 is 0 Å². The molecule has 0 radical (unpaired) electrons. The van der Waals surface area contributed by atoms with Crippen molar-refractivity contribution in [3.05, 3.63) is 46.4 Å². The van der Waals surface area contributed by atoms with Crippen LogP contribution in [-0.4, -0.2) is 0 Å². The summed E-state index contributed by atoms with van der Waals surface area (Å²) in [4.78, 5) is 0. The van der Waals surface area contributed by atoms with Gasteiger partial charge in [0.05, 0.1) is 10.7 Å². The summed E-state index contributed by atoms with van der Waals surface area (Å²) in [6, 6.07) is 6.82. The molecule has 0 saturated carbocycles. The van der Waals surface area contributed by atoms with Gasteiger partial charge in [-0.05, 0) is 52.7 Å². The van der Waals surface area contributed by atoms with Gasteiger partial charge in [-0.3, -0.25) is 0 Å². The molecule has 3 heteroatoms. The van der Waals surface area contributed by atoms with E-state index in [1.54, 1.807) is 18.4 Å². The largest absolute Gasteiger partial charge is 0.464 e. The molecule has 72 valence electrons. The maximum atomic E-state index is 13.3. The second kappa shape index (κ2) is 3.58. The van der Waals surface area contributed by atoms with Crippen molar-refractivity contribution in [3.63, 3.8) is 0 Å². The Morgan fingerprint density at radius 2 is 2.14 bits per heavy atom. The van der Waals surface area contributed by atoms with Crippen LogP contribution in [-0.2, 0) is 0 Å². The lowest BCUT2D eigenvalue weighted by Gasteiger charge is -2.04. The first-order valence-electron chi connectivity index (χ1n) is 4.18. The highest BCUT2D eigenvalue weighted by Gasteiger charge is 2.08. The Labute approximate surface area is 89.7 Å². The van der Waals surface area contributed by atoms with Gasteiger partial charge in [0, 0.05) is 5.56 Å². The first kappa shape index (κ1) is 9.46. The fourth-order valence-electron chi connectivity index (χ4n) is 1.34. The van der Waals surface area contributed by atoms with Gasteiger partial charge in [0.1, 0.15) is 11.6 Å². The van der Waals surface area contributed by atoms with Gasteiger partial charge in [-0.15, -0.1) is 0 Å². The monoisotopic (exact) mass is 254 g/mol. The lowest BCUT2D eigenvalue weighted by Crippen LogP contribution is -1.85. The molecule has 0 amide bonds. The maximum Gasteiger partial charge on any atom is 0.138 e. The fraction of sp³-hybridized carbons (Fsp3) is 0.0909. The van der Waals surface area contributed by atoms with E-state index in [2.05, 4.69) is 15.9 Å². The van der Waals surface area contributed by atoms with Gasteiger partial charge in [0.2, 0.25) is 0 Å².